The molecule has 0 saturated carbocycles. The number of Topliss-reactive ketones (excluding diaryl/α,β-unsaturated/α-hetero) is 1. The lowest BCUT2D eigenvalue weighted by molar-refractivity contribution is -0.132. The van der Waals surface area contributed by atoms with Crippen molar-refractivity contribution in [2.24, 2.45) is 5.41 Å². The Kier molecular flexibility index (Phi) is 5.65. The van der Waals surface area contributed by atoms with E-state index in [-0.39, 0.29) is 17.1 Å². The normalized spacial score (nSPS) is 11.7. The monoisotopic (exact) mass is 228 g/mol. The van der Waals surface area contributed by atoms with E-state index in [0.29, 0.717) is 19.6 Å². The minimum absolute atomic E-state index is 0.0311. The number of rotatable bonds is 5. The highest BCUT2D eigenvalue weighted by molar-refractivity contribution is 5.86. The zero-order chi connectivity index (χ0) is 12.9. The molecule has 0 aliphatic carbocycles. The molecule has 1 amide bonds. The highest BCUT2D eigenvalue weighted by Gasteiger charge is 2.23. The van der Waals surface area contributed by atoms with Crippen molar-refractivity contribution in [3.8, 4) is 0 Å². The standard InChI is InChI=1S/C12H24N2O2/c1-7-14(9-11(16)13(5)6)8-10(15)12(2,3)4/h7-9H2,1-6H3. The number of hydrogen-bond acceptors (Lipinski definition) is 3. The van der Waals surface area contributed by atoms with Crippen LogP contribution in [0.15, 0.2) is 0 Å². The van der Waals surface area contributed by atoms with Crippen LogP contribution in [0.5, 0.6) is 0 Å². The van der Waals surface area contributed by atoms with Crippen molar-refractivity contribution in [1.82, 2.24) is 9.80 Å². The third-order valence-electron chi connectivity index (χ3n) is 2.51. The number of nitrogens with zero attached hydrogens (tertiary/aromatic N) is 2. The SMILES string of the molecule is CCN(CC(=O)N(C)C)CC(=O)C(C)(C)C. The summed E-state index contributed by atoms with van der Waals surface area (Å²) in [6, 6.07) is 0. The van der Waals surface area contributed by atoms with Crippen molar-refractivity contribution in [3.63, 3.8) is 0 Å². The van der Waals surface area contributed by atoms with Gasteiger partial charge < -0.3 is 4.90 Å². The fourth-order valence-corrected chi connectivity index (χ4v) is 1.05. The van der Waals surface area contributed by atoms with Gasteiger partial charge in [0, 0.05) is 19.5 Å². The van der Waals surface area contributed by atoms with Crippen molar-refractivity contribution >= 4 is 11.7 Å². The van der Waals surface area contributed by atoms with E-state index in [1.807, 2.05) is 32.6 Å². The van der Waals surface area contributed by atoms with Gasteiger partial charge in [-0.2, -0.15) is 0 Å². The van der Waals surface area contributed by atoms with Gasteiger partial charge in [0.2, 0.25) is 5.91 Å². The topological polar surface area (TPSA) is 40.6 Å². The summed E-state index contributed by atoms with van der Waals surface area (Å²) in [6.45, 7) is 9.02. The molecule has 0 rings (SSSR count). The third-order valence-corrected chi connectivity index (χ3v) is 2.51. The molecule has 0 N–H and O–H groups in total. The van der Waals surface area contributed by atoms with Crippen molar-refractivity contribution in [3.05, 3.63) is 0 Å². The number of likely N-dealkylation sites (N-methyl/N-ethyl adjacent to an activating group) is 2. The van der Waals surface area contributed by atoms with Gasteiger partial charge in [-0.3, -0.25) is 14.5 Å². The maximum Gasteiger partial charge on any atom is 0.236 e. The molecular weight excluding hydrogens is 204 g/mol. The number of amides is 1. The summed E-state index contributed by atoms with van der Waals surface area (Å²) in [5.74, 6) is 0.199. The molecule has 0 spiro atoms. The summed E-state index contributed by atoms with van der Waals surface area (Å²) in [4.78, 5) is 26.8. The van der Waals surface area contributed by atoms with E-state index in [2.05, 4.69) is 0 Å². The van der Waals surface area contributed by atoms with Crippen LogP contribution in [0, 0.1) is 5.41 Å². The lowest BCUT2D eigenvalue weighted by atomic mass is 9.90. The Hall–Kier alpha value is -0.900. The second-order valence-electron chi connectivity index (χ2n) is 5.26. The van der Waals surface area contributed by atoms with E-state index in [9.17, 15) is 9.59 Å². The molecule has 0 bridgehead atoms. The number of ketones is 1. The molecule has 0 heterocycles. The van der Waals surface area contributed by atoms with Crippen LogP contribution in [0.4, 0.5) is 0 Å². The van der Waals surface area contributed by atoms with Gasteiger partial charge >= 0.3 is 0 Å². The molecule has 0 aliphatic rings. The van der Waals surface area contributed by atoms with Crippen LogP contribution >= 0.6 is 0 Å². The summed E-state index contributed by atoms with van der Waals surface area (Å²) in [5.41, 5.74) is -0.339. The van der Waals surface area contributed by atoms with Gasteiger partial charge in [-0.25, -0.2) is 0 Å². The predicted molar refractivity (Wildman–Crippen MR) is 65.3 cm³/mol. The van der Waals surface area contributed by atoms with Gasteiger partial charge in [0.1, 0.15) is 0 Å². The smallest absolute Gasteiger partial charge is 0.236 e. The van der Waals surface area contributed by atoms with Crippen LogP contribution in [-0.2, 0) is 9.59 Å². The van der Waals surface area contributed by atoms with Crippen LogP contribution in [0.3, 0.4) is 0 Å². The Balaban J connectivity index is 4.32. The summed E-state index contributed by atoms with van der Waals surface area (Å²) in [5, 5.41) is 0. The molecule has 94 valence electrons. The second-order valence-corrected chi connectivity index (χ2v) is 5.26. The van der Waals surface area contributed by atoms with Gasteiger partial charge in [-0.15, -0.1) is 0 Å². The Bertz CT molecular complexity index is 254. The van der Waals surface area contributed by atoms with E-state index in [1.165, 1.54) is 0 Å². The van der Waals surface area contributed by atoms with E-state index in [1.54, 1.807) is 19.0 Å². The van der Waals surface area contributed by atoms with Crippen molar-refractivity contribution in [1.29, 1.82) is 0 Å². The van der Waals surface area contributed by atoms with Gasteiger partial charge in [0.05, 0.1) is 13.1 Å². The highest BCUT2D eigenvalue weighted by Crippen LogP contribution is 2.15. The Morgan fingerprint density at radius 2 is 1.56 bits per heavy atom. The Labute approximate surface area is 98.6 Å². The highest BCUT2D eigenvalue weighted by atomic mass is 16.2. The minimum Gasteiger partial charge on any atom is -0.348 e. The molecule has 0 saturated heterocycles. The molecule has 0 radical (unpaired) electrons. The predicted octanol–water partition coefficient (Wildman–Crippen LogP) is 1.01. The van der Waals surface area contributed by atoms with Gasteiger partial charge in [0.15, 0.2) is 5.78 Å². The molecule has 16 heavy (non-hydrogen) atoms. The average molecular weight is 228 g/mol. The average Bonchev–Trinajstić information content (AvgIpc) is 2.14. The molecule has 0 aliphatic heterocycles. The van der Waals surface area contributed by atoms with Crippen molar-refractivity contribution in [2.75, 3.05) is 33.7 Å². The zero-order valence-electron chi connectivity index (χ0n) is 11.3. The fraction of sp³-hybridized carbons (Fsp3) is 0.833. The first-order chi connectivity index (χ1) is 7.18. The van der Waals surface area contributed by atoms with Gasteiger partial charge in [-0.1, -0.05) is 27.7 Å². The molecule has 0 atom stereocenters. The molecule has 0 aromatic rings. The quantitative estimate of drug-likeness (QED) is 0.705. The van der Waals surface area contributed by atoms with Crippen LogP contribution in [-0.4, -0.2) is 55.2 Å². The largest absolute Gasteiger partial charge is 0.348 e. The number of carbonyl (C=O) groups excluding carboxylic acids is 2. The van der Waals surface area contributed by atoms with Crippen LogP contribution in [0.2, 0.25) is 0 Å². The first-order valence-electron chi connectivity index (χ1n) is 5.64. The summed E-state index contributed by atoms with van der Waals surface area (Å²) >= 11 is 0. The van der Waals surface area contributed by atoms with Crippen LogP contribution in [0.25, 0.3) is 0 Å². The summed E-state index contributed by atoms with van der Waals surface area (Å²) < 4.78 is 0. The molecular formula is C12H24N2O2. The second kappa shape index (κ2) is 5.99. The third kappa shape index (κ3) is 5.26. The molecule has 0 aromatic heterocycles. The van der Waals surface area contributed by atoms with E-state index >= 15 is 0 Å². The molecule has 4 heteroatoms. The van der Waals surface area contributed by atoms with Crippen LogP contribution < -0.4 is 0 Å². The maximum absolute atomic E-state index is 11.8. The minimum atomic E-state index is -0.339. The molecule has 4 nitrogen and oxygen atoms in total. The van der Waals surface area contributed by atoms with Crippen molar-refractivity contribution < 1.29 is 9.59 Å². The molecule has 0 unspecified atom stereocenters. The molecule has 0 fully saturated rings. The van der Waals surface area contributed by atoms with Gasteiger partial charge in [0.25, 0.3) is 0 Å². The number of carbonyl (C=O) groups is 2. The Morgan fingerprint density at radius 1 is 1.06 bits per heavy atom. The first-order valence-corrected chi connectivity index (χ1v) is 5.64. The molecule has 0 aromatic carbocycles. The van der Waals surface area contributed by atoms with E-state index in [4.69, 9.17) is 0 Å². The van der Waals surface area contributed by atoms with E-state index < -0.39 is 0 Å². The lowest BCUT2D eigenvalue weighted by Crippen LogP contribution is -2.41. The maximum atomic E-state index is 11.8. The van der Waals surface area contributed by atoms with Gasteiger partial charge in [-0.05, 0) is 6.54 Å². The Morgan fingerprint density at radius 3 is 1.88 bits per heavy atom. The summed E-state index contributed by atoms with van der Waals surface area (Å²) in [6.07, 6.45) is 0. The summed E-state index contributed by atoms with van der Waals surface area (Å²) in [7, 11) is 3.45. The zero-order valence-corrected chi connectivity index (χ0v) is 11.3. The van der Waals surface area contributed by atoms with Crippen LogP contribution in [0.1, 0.15) is 27.7 Å². The van der Waals surface area contributed by atoms with E-state index in [0.717, 1.165) is 0 Å². The first kappa shape index (κ1) is 15.1. The lowest BCUT2D eigenvalue weighted by Gasteiger charge is -2.25. The van der Waals surface area contributed by atoms with Crippen molar-refractivity contribution in [2.45, 2.75) is 27.7 Å². The fourth-order valence-electron chi connectivity index (χ4n) is 1.05. The number of hydrogen-bond donors (Lipinski definition) is 0.